The van der Waals surface area contributed by atoms with E-state index in [9.17, 15) is 4.39 Å². The van der Waals surface area contributed by atoms with Crippen molar-refractivity contribution in [2.75, 3.05) is 0 Å². The van der Waals surface area contributed by atoms with Crippen molar-refractivity contribution in [3.05, 3.63) is 58.3 Å². The lowest BCUT2D eigenvalue weighted by atomic mass is 10.1. The summed E-state index contributed by atoms with van der Waals surface area (Å²) in [5, 5.41) is 12.7. The molecular weight excluding hydrogens is 337 g/mol. The largest absolute Gasteiger partial charge is 0.334 e. The van der Waals surface area contributed by atoms with Gasteiger partial charge in [0.1, 0.15) is 5.82 Å². The van der Waals surface area contributed by atoms with E-state index in [-0.39, 0.29) is 5.82 Å². The number of nitriles is 1. The van der Waals surface area contributed by atoms with E-state index in [0.717, 1.165) is 0 Å². The van der Waals surface area contributed by atoms with Gasteiger partial charge in [-0.15, -0.1) is 0 Å². The first-order valence-electron chi connectivity index (χ1n) is 5.97. The molecule has 0 saturated heterocycles. The summed E-state index contributed by atoms with van der Waals surface area (Å²) in [6.07, 6.45) is 0. The molecule has 3 aromatic rings. The van der Waals surface area contributed by atoms with Crippen LogP contribution in [0.1, 0.15) is 5.56 Å². The van der Waals surface area contributed by atoms with E-state index in [2.05, 4.69) is 26.1 Å². The maximum atomic E-state index is 13.1. The van der Waals surface area contributed by atoms with Crippen molar-refractivity contribution in [3.8, 4) is 28.9 Å². The van der Waals surface area contributed by atoms with Gasteiger partial charge in [0.05, 0.1) is 11.6 Å². The van der Waals surface area contributed by atoms with Crippen LogP contribution in [0, 0.1) is 17.1 Å². The summed E-state index contributed by atoms with van der Waals surface area (Å²) >= 11 is 3.27. The lowest BCUT2D eigenvalue weighted by molar-refractivity contribution is 0.432. The molecule has 0 unspecified atom stereocenters. The van der Waals surface area contributed by atoms with Crippen molar-refractivity contribution in [1.29, 1.82) is 5.26 Å². The predicted octanol–water partition coefficient (Wildman–Crippen LogP) is 4.18. The van der Waals surface area contributed by atoms with E-state index < -0.39 is 0 Å². The van der Waals surface area contributed by atoms with Gasteiger partial charge in [0, 0.05) is 15.6 Å². The van der Waals surface area contributed by atoms with Crippen LogP contribution in [0.25, 0.3) is 22.8 Å². The van der Waals surface area contributed by atoms with E-state index in [4.69, 9.17) is 9.78 Å². The first-order chi connectivity index (χ1) is 10.2. The highest BCUT2D eigenvalue weighted by molar-refractivity contribution is 9.10. The Morgan fingerprint density at radius 3 is 2.57 bits per heavy atom. The average molecular weight is 344 g/mol. The third-order valence-electron chi connectivity index (χ3n) is 2.86. The van der Waals surface area contributed by atoms with Crippen molar-refractivity contribution in [3.63, 3.8) is 0 Å². The normalized spacial score (nSPS) is 10.3. The van der Waals surface area contributed by atoms with Crippen LogP contribution in [0.4, 0.5) is 4.39 Å². The molecule has 6 heteroatoms. The Balaban J connectivity index is 1.97. The van der Waals surface area contributed by atoms with Crippen LogP contribution < -0.4 is 0 Å². The zero-order valence-electron chi connectivity index (χ0n) is 10.5. The Labute approximate surface area is 128 Å². The number of hydrogen-bond acceptors (Lipinski definition) is 4. The van der Waals surface area contributed by atoms with Gasteiger partial charge < -0.3 is 4.52 Å². The Kier molecular flexibility index (Phi) is 3.50. The molecular formula is C15H7BrFN3O. The number of benzene rings is 2. The quantitative estimate of drug-likeness (QED) is 0.700. The summed E-state index contributed by atoms with van der Waals surface area (Å²) in [6, 6.07) is 13.1. The zero-order valence-corrected chi connectivity index (χ0v) is 12.1. The van der Waals surface area contributed by atoms with Gasteiger partial charge in [0.15, 0.2) is 0 Å². The molecule has 4 nitrogen and oxygen atoms in total. The Bertz CT molecular complexity index is 837. The molecule has 0 amide bonds. The maximum absolute atomic E-state index is 13.1. The van der Waals surface area contributed by atoms with Crippen molar-refractivity contribution < 1.29 is 8.91 Å². The minimum atomic E-state index is -0.346. The zero-order chi connectivity index (χ0) is 14.8. The van der Waals surface area contributed by atoms with Crippen LogP contribution in [-0.4, -0.2) is 10.1 Å². The molecule has 0 aliphatic rings. The summed E-state index contributed by atoms with van der Waals surface area (Å²) in [4.78, 5) is 4.28. The molecule has 102 valence electrons. The van der Waals surface area contributed by atoms with Crippen LogP contribution in [-0.2, 0) is 0 Å². The van der Waals surface area contributed by atoms with Gasteiger partial charge in [0.2, 0.25) is 5.82 Å². The molecule has 0 atom stereocenters. The second-order valence-electron chi connectivity index (χ2n) is 4.24. The van der Waals surface area contributed by atoms with E-state index in [1.807, 2.05) is 6.07 Å². The Morgan fingerprint density at radius 2 is 1.90 bits per heavy atom. The van der Waals surface area contributed by atoms with Crippen LogP contribution in [0.2, 0.25) is 0 Å². The third kappa shape index (κ3) is 2.69. The molecule has 0 bridgehead atoms. The molecule has 0 N–H and O–H groups in total. The van der Waals surface area contributed by atoms with E-state index in [0.29, 0.717) is 32.9 Å². The van der Waals surface area contributed by atoms with Gasteiger partial charge in [0.25, 0.3) is 5.89 Å². The highest BCUT2D eigenvalue weighted by Gasteiger charge is 2.13. The molecule has 0 aliphatic heterocycles. The van der Waals surface area contributed by atoms with Crippen molar-refractivity contribution in [2.24, 2.45) is 0 Å². The summed E-state index contributed by atoms with van der Waals surface area (Å²) in [6.45, 7) is 0. The van der Waals surface area contributed by atoms with Crippen molar-refractivity contribution >= 4 is 15.9 Å². The van der Waals surface area contributed by atoms with Crippen LogP contribution >= 0.6 is 15.9 Å². The van der Waals surface area contributed by atoms with Crippen LogP contribution in [0.3, 0.4) is 0 Å². The third-order valence-corrected chi connectivity index (χ3v) is 3.52. The number of rotatable bonds is 2. The number of aromatic nitrogens is 2. The van der Waals surface area contributed by atoms with Gasteiger partial charge >= 0.3 is 0 Å². The lowest BCUT2D eigenvalue weighted by Gasteiger charge is -1.98. The predicted molar refractivity (Wildman–Crippen MR) is 77.5 cm³/mol. The Hall–Kier alpha value is -2.52. The molecule has 0 saturated carbocycles. The molecule has 1 aromatic heterocycles. The highest BCUT2D eigenvalue weighted by Crippen LogP contribution is 2.28. The fourth-order valence-corrected chi connectivity index (χ4v) is 2.34. The number of nitrogens with zero attached hydrogens (tertiary/aromatic N) is 3. The monoisotopic (exact) mass is 343 g/mol. The molecule has 0 fully saturated rings. The van der Waals surface area contributed by atoms with Crippen LogP contribution in [0.5, 0.6) is 0 Å². The second kappa shape index (κ2) is 5.46. The smallest absolute Gasteiger partial charge is 0.258 e. The van der Waals surface area contributed by atoms with Gasteiger partial charge in [-0.3, -0.25) is 0 Å². The molecule has 0 aliphatic carbocycles. The van der Waals surface area contributed by atoms with Gasteiger partial charge in [-0.2, -0.15) is 10.2 Å². The topological polar surface area (TPSA) is 62.7 Å². The Morgan fingerprint density at radius 1 is 1.14 bits per heavy atom. The highest BCUT2D eigenvalue weighted by atomic mass is 79.9. The summed E-state index contributed by atoms with van der Waals surface area (Å²) in [5.41, 5.74) is 1.91. The van der Waals surface area contributed by atoms with Gasteiger partial charge in [-0.05, 0) is 58.4 Å². The van der Waals surface area contributed by atoms with Gasteiger partial charge in [-0.25, -0.2) is 4.39 Å². The maximum Gasteiger partial charge on any atom is 0.258 e. The number of hydrogen-bond donors (Lipinski definition) is 0. The van der Waals surface area contributed by atoms with E-state index in [1.54, 1.807) is 30.3 Å². The molecule has 0 radical (unpaired) electrons. The molecule has 3 rings (SSSR count). The average Bonchev–Trinajstić information content (AvgIpc) is 2.97. The number of halogens is 2. The summed E-state index contributed by atoms with van der Waals surface area (Å²) in [7, 11) is 0. The van der Waals surface area contributed by atoms with Crippen molar-refractivity contribution in [1.82, 2.24) is 10.1 Å². The standard InChI is InChI=1S/C15H7BrFN3O/c16-13-7-11(17)5-6-12(13)14-19-15(21-20-14)10-3-1-9(8-18)2-4-10/h1-7H. The SMILES string of the molecule is N#Cc1ccc(-c2nc(-c3ccc(F)cc3Br)no2)cc1. The molecule has 2 aromatic carbocycles. The summed E-state index contributed by atoms with van der Waals surface area (Å²) in [5.74, 6) is 0.355. The molecule has 21 heavy (non-hydrogen) atoms. The lowest BCUT2D eigenvalue weighted by Crippen LogP contribution is -1.85. The minimum absolute atomic E-state index is 0.339. The first kappa shape index (κ1) is 13.5. The second-order valence-corrected chi connectivity index (χ2v) is 5.09. The summed E-state index contributed by atoms with van der Waals surface area (Å²) < 4.78 is 18.8. The fraction of sp³-hybridized carbons (Fsp3) is 0. The van der Waals surface area contributed by atoms with E-state index >= 15 is 0 Å². The van der Waals surface area contributed by atoms with Crippen molar-refractivity contribution in [2.45, 2.75) is 0 Å². The van der Waals surface area contributed by atoms with E-state index in [1.165, 1.54) is 12.1 Å². The van der Waals surface area contributed by atoms with Crippen LogP contribution in [0.15, 0.2) is 51.5 Å². The molecule has 0 spiro atoms. The fourth-order valence-electron chi connectivity index (χ4n) is 1.81. The molecule has 1 heterocycles. The first-order valence-corrected chi connectivity index (χ1v) is 6.76. The minimum Gasteiger partial charge on any atom is -0.334 e. The van der Waals surface area contributed by atoms with Gasteiger partial charge in [-0.1, -0.05) is 5.16 Å².